The molecule has 0 spiro atoms. The van der Waals surface area contributed by atoms with E-state index in [-0.39, 0.29) is 6.04 Å². The maximum atomic E-state index is 6.03. The summed E-state index contributed by atoms with van der Waals surface area (Å²) in [6.07, 6.45) is 8.28. The zero-order chi connectivity index (χ0) is 10.7. The van der Waals surface area contributed by atoms with Gasteiger partial charge in [0.25, 0.3) is 0 Å². The van der Waals surface area contributed by atoms with E-state index in [1.165, 1.54) is 31.4 Å². The molecule has 0 aromatic carbocycles. The van der Waals surface area contributed by atoms with Crippen LogP contribution in [0.15, 0.2) is 0 Å². The molecule has 84 valence electrons. The molecule has 0 radical (unpaired) electrons. The van der Waals surface area contributed by atoms with Gasteiger partial charge < -0.3 is 10.7 Å². The van der Waals surface area contributed by atoms with Gasteiger partial charge in [-0.3, -0.25) is 0 Å². The van der Waals surface area contributed by atoms with E-state index in [9.17, 15) is 0 Å². The van der Waals surface area contributed by atoms with Gasteiger partial charge in [0.1, 0.15) is 5.82 Å². The second-order valence-electron chi connectivity index (χ2n) is 4.50. The number of fused-ring (bicyclic) bond motifs is 1. The van der Waals surface area contributed by atoms with Crippen LogP contribution in [0, 0.1) is 0 Å². The number of nitrogens with zero attached hydrogens (tertiary/aromatic N) is 1. The van der Waals surface area contributed by atoms with Crippen LogP contribution in [-0.4, -0.2) is 9.97 Å². The van der Waals surface area contributed by atoms with Gasteiger partial charge in [0.2, 0.25) is 0 Å². The Hall–Kier alpha value is -0.830. The average molecular weight is 207 g/mol. The van der Waals surface area contributed by atoms with E-state index in [0.29, 0.717) is 0 Å². The van der Waals surface area contributed by atoms with Crippen molar-refractivity contribution in [2.75, 3.05) is 0 Å². The third-order valence-corrected chi connectivity index (χ3v) is 3.17. The lowest BCUT2D eigenvalue weighted by Gasteiger charge is -2.15. The standard InChI is InChI=1S/C12H21N3/c1-2-3-4-8-11-14-10-7-5-6-9(13)12(10)15-11/h9H,2-8,13H2,1H3,(H,14,15). The minimum absolute atomic E-state index is 0.171. The summed E-state index contributed by atoms with van der Waals surface area (Å²) in [4.78, 5) is 8.05. The van der Waals surface area contributed by atoms with E-state index in [2.05, 4.69) is 16.9 Å². The number of hydrogen-bond donors (Lipinski definition) is 2. The lowest BCUT2D eigenvalue weighted by molar-refractivity contribution is 0.555. The Labute approximate surface area is 91.5 Å². The summed E-state index contributed by atoms with van der Waals surface area (Å²) in [6.45, 7) is 2.23. The van der Waals surface area contributed by atoms with Crippen LogP contribution in [0.5, 0.6) is 0 Å². The number of aromatic amines is 1. The predicted molar refractivity (Wildman–Crippen MR) is 61.7 cm³/mol. The molecule has 0 bridgehead atoms. The zero-order valence-electron chi connectivity index (χ0n) is 9.55. The molecule has 15 heavy (non-hydrogen) atoms. The molecule has 1 unspecified atom stereocenters. The molecule has 3 N–H and O–H groups in total. The molecule has 0 saturated carbocycles. The number of nitrogens with one attached hydrogen (secondary N) is 1. The minimum Gasteiger partial charge on any atom is -0.346 e. The van der Waals surface area contributed by atoms with Gasteiger partial charge in [0, 0.05) is 18.2 Å². The molecule has 2 rings (SSSR count). The third-order valence-electron chi connectivity index (χ3n) is 3.17. The van der Waals surface area contributed by atoms with Gasteiger partial charge in [-0.2, -0.15) is 0 Å². The zero-order valence-corrected chi connectivity index (χ0v) is 9.55. The smallest absolute Gasteiger partial charge is 0.106 e. The first-order valence-electron chi connectivity index (χ1n) is 6.14. The molecule has 3 heteroatoms. The van der Waals surface area contributed by atoms with Gasteiger partial charge in [-0.15, -0.1) is 0 Å². The highest BCUT2D eigenvalue weighted by atomic mass is 15.0. The van der Waals surface area contributed by atoms with Gasteiger partial charge in [-0.05, 0) is 25.7 Å². The van der Waals surface area contributed by atoms with E-state index >= 15 is 0 Å². The Morgan fingerprint density at radius 3 is 3.07 bits per heavy atom. The van der Waals surface area contributed by atoms with E-state index in [1.54, 1.807) is 0 Å². The van der Waals surface area contributed by atoms with Crippen molar-refractivity contribution in [1.29, 1.82) is 0 Å². The van der Waals surface area contributed by atoms with Crippen LogP contribution in [0.2, 0.25) is 0 Å². The van der Waals surface area contributed by atoms with E-state index < -0.39 is 0 Å². The summed E-state index contributed by atoms with van der Waals surface area (Å²) in [5, 5.41) is 0. The largest absolute Gasteiger partial charge is 0.346 e. The maximum Gasteiger partial charge on any atom is 0.106 e. The molecule has 0 aliphatic heterocycles. The number of hydrogen-bond acceptors (Lipinski definition) is 2. The second kappa shape index (κ2) is 4.79. The predicted octanol–water partition coefficient (Wildman–Crippen LogP) is 2.48. The van der Waals surface area contributed by atoms with E-state index in [0.717, 1.165) is 30.8 Å². The topological polar surface area (TPSA) is 54.7 Å². The molecule has 1 aliphatic carbocycles. The van der Waals surface area contributed by atoms with Crippen molar-refractivity contribution >= 4 is 0 Å². The third kappa shape index (κ3) is 2.40. The van der Waals surface area contributed by atoms with Crippen LogP contribution < -0.4 is 5.73 Å². The fourth-order valence-electron chi connectivity index (χ4n) is 2.27. The van der Waals surface area contributed by atoms with Gasteiger partial charge in [0.05, 0.1) is 5.69 Å². The second-order valence-corrected chi connectivity index (χ2v) is 4.50. The summed E-state index contributed by atoms with van der Waals surface area (Å²) in [5.41, 5.74) is 8.46. The number of unbranched alkanes of at least 4 members (excludes halogenated alkanes) is 2. The van der Waals surface area contributed by atoms with Crippen LogP contribution in [-0.2, 0) is 12.8 Å². The van der Waals surface area contributed by atoms with E-state index in [1.807, 2.05) is 0 Å². The normalized spacial score (nSPS) is 20.3. The first-order chi connectivity index (χ1) is 7.31. The number of rotatable bonds is 4. The molecule has 1 aromatic heterocycles. The molecule has 1 aliphatic rings. The summed E-state index contributed by atoms with van der Waals surface area (Å²) in [7, 11) is 0. The first kappa shape index (κ1) is 10.7. The molecule has 3 nitrogen and oxygen atoms in total. The lowest BCUT2D eigenvalue weighted by Crippen LogP contribution is -2.17. The van der Waals surface area contributed by atoms with Gasteiger partial charge in [-0.25, -0.2) is 4.98 Å². The highest BCUT2D eigenvalue weighted by Gasteiger charge is 2.20. The number of aromatic nitrogens is 2. The SMILES string of the molecule is CCCCCc1nc2c([nH]1)CCCC2N. The highest BCUT2D eigenvalue weighted by molar-refractivity contribution is 5.21. The molecule has 0 fully saturated rings. The monoisotopic (exact) mass is 207 g/mol. The van der Waals surface area contributed by atoms with Gasteiger partial charge in [0.15, 0.2) is 0 Å². The Morgan fingerprint density at radius 1 is 1.47 bits per heavy atom. The summed E-state index contributed by atoms with van der Waals surface area (Å²) in [6, 6.07) is 0.171. The quantitative estimate of drug-likeness (QED) is 0.745. The van der Waals surface area contributed by atoms with Crippen molar-refractivity contribution in [3.05, 3.63) is 17.2 Å². The summed E-state index contributed by atoms with van der Waals surface area (Å²) in [5.74, 6) is 1.14. The molecule has 1 atom stereocenters. The van der Waals surface area contributed by atoms with Crippen molar-refractivity contribution in [2.24, 2.45) is 5.73 Å². The number of H-pyrrole nitrogens is 1. The molecule has 0 saturated heterocycles. The van der Waals surface area contributed by atoms with Crippen LogP contribution in [0.1, 0.15) is 62.3 Å². The molecule has 1 heterocycles. The minimum atomic E-state index is 0.171. The maximum absolute atomic E-state index is 6.03. The number of nitrogens with two attached hydrogens (primary N) is 1. The fraction of sp³-hybridized carbons (Fsp3) is 0.750. The summed E-state index contributed by atoms with van der Waals surface area (Å²) < 4.78 is 0. The van der Waals surface area contributed by atoms with Crippen LogP contribution in [0.25, 0.3) is 0 Å². The van der Waals surface area contributed by atoms with Crippen molar-refractivity contribution < 1.29 is 0 Å². The number of aryl methyl sites for hydroxylation is 2. The van der Waals surface area contributed by atoms with Crippen molar-refractivity contribution in [3.63, 3.8) is 0 Å². The number of imidazole rings is 1. The highest BCUT2D eigenvalue weighted by Crippen LogP contribution is 2.26. The van der Waals surface area contributed by atoms with Crippen molar-refractivity contribution in [1.82, 2.24) is 9.97 Å². The van der Waals surface area contributed by atoms with Gasteiger partial charge >= 0.3 is 0 Å². The fourth-order valence-corrected chi connectivity index (χ4v) is 2.27. The Balaban J connectivity index is 2.01. The van der Waals surface area contributed by atoms with Gasteiger partial charge in [-0.1, -0.05) is 19.8 Å². The molecular formula is C12H21N3. The first-order valence-corrected chi connectivity index (χ1v) is 6.14. The van der Waals surface area contributed by atoms with Crippen LogP contribution in [0.4, 0.5) is 0 Å². The van der Waals surface area contributed by atoms with Crippen molar-refractivity contribution in [2.45, 2.75) is 57.9 Å². The molecule has 0 amide bonds. The Morgan fingerprint density at radius 2 is 2.33 bits per heavy atom. The van der Waals surface area contributed by atoms with Crippen LogP contribution in [0.3, 0.4) is 0 Å². The summed E-state index contributed by atoms with van der Waals surface area (Å²) >= 11 is 0. The van der Waals surface area contributed by atoms with Crippen LogP contribution >= 0.6 is 0 Å². The Bertz CT molecular complexity index is 317. The Kier molecular flexibility index (Phi) is 3.41. The average Bonchev–Trinajstić information content (AvgIpc) is 2.63. The molecule has 1 aromatic rings. The molecular weight excluding hydrogens is 186 g/mol. The lowest BCUT2D eigenvalue weighted by atomic mass is 9.97. The van der Waals surface area contributed by atoms with Crippen molar-refractivity contribution in [3.8, 4) is 0 Å². The van der Waals surface area contributed by atoms with E-state index in [4.69, 9.17) is 5.73 Å².